The molecular formula is C20H27N4+. The summed E-state index contributed by atoms with van der Waals surface area (Å²) < 4.78 is 0. The van der Waals surface area contributed by atoms with Crippen LogP contribution in [0.3, 0.4) is 0 Å². The Kier molecular flexibility index (Phi) is 3.80. The predicted molar refractivity (Wildman–Crippen MR) is 98.6 cm³/mol. The number of aromatic nitrogens is 2. The summed E-state index contributed by atoms with van der Waals surface area (Å²) in [5.74, 6) is 1.50. The molecule has 126 valence electrons. The number of pyridine rings is 1. The molecule has 0 atom stereocenters. The Balaban J connectivity index is 1.59. The van der Waals surface area contributed by atoms with Gasteiger partial charge in [0.25, 0.3) is 0 Å². The standard InChI is InChI=1S/C20H26N4/c1-20(2,3)16-6-4-13(5-7-16)14-8-17-18(15-10-23-24-11-15)12-22-19(17)21-9-14/h8-13,16H,4-7H2,1-3H3,(H,21,22)(H,23,24)/p+1. The van der Waals surface area contributed by atoms with Gasteiger partial charge in [-0.15, -0.1) is 0 Å². The molecule has 4 heteroatoms. The molecule has 0 aromatic carbocycles. The van der Waals surface area contributed by atoms with E-state index in [4.69, 9.17) is 0 Å². The van der Waals surface area contributed by atoms with Crippen molar-refractivity contribution in [3.63, 3.8) is 0 Å². The molecule has 0 radical (unpaired) electrons. The number of hydrogen-bond acceptors (Lipinski definition) is 2. The van der Waals surface area contributed by atoms with E-state index in [9.17, 15) is 0 Å². The third-order valence-corrected chi connectivity index (χ3v) is 5.84. The second-order valence-corrected chi connectivity index (χ2v) is 8.33. The number of allylic oxidation sites excluding steroid dienone is 1. The Hall–Kier alpha value is -1.94. The molecule has 1 fully saturated rings. The zero-order valence-corrected chi connectivity index (χ0v) is 14.8. The normalized spacial score (nSPS) is 24.5. The molecule has 2 aliphatic rings. The summed E-state index contributed by atoms with van der Waals surface area (Å²) in [6.45, 7) is 7.14. The Morgan fingerprint density at radius 1 is 1.17 bits per heavy atom. The lowest BCUT2D eigenvalue weighted by molar-refractivity contribution is -0.589. The van der Waals surface area contributed by atoms with Crippen LogP contribution in [-0.4, -0.2) is 16.2 Å². The fraction of sp³-hybridized carbons (Fsp3) is 0.500. The topological polar surface area (TPSA) is 57.6 Å². The minimum atomic E-state index is 0.436. The molecule has 3 heterocycles. The largest absolute Gasteiger partial charge is 0.346 e. The minimum absolute atomic E-state index is 0.436. The van der Waals surface area contributed by atoms with Gasteiger partial charge in [0.1, 0.15) is 11.8 Å². The average Bonchev–Trinajstić information content (AvgIpc) is 3.22. The third-order valence-electron chi connectivity index (χ3n) is 5.84. The smallest absolute Gasteiger partial charge is 0.137 e. The lowest BCUT2D eigenvalue weighted by atomic mass is 9.69. The highest BCUT2D eigenvalue weighted by molar-refractivity contribution is 6.14. The Bertz CT molecular complexity index is 799. The van der Waals surface area contributed by atoms with Crippen molar-refractivity contribution in [1.29, 1.82) is 0 Å². The van der Waals surface area contributed by atoms with E-state index in [-0.39, 0.29) is 0 Å². The molecule has 0 bridgehead atoms. The van der Waals surface area contributed by atoms with Crippen molar-refractivity contribution in [3.05, 3.63) is 35.8 Å². The quantitative estimate of drug-likeness (QED) is 0.812. The van der Waals surface area contributed by atoms with Crippen molar-refractivity contribution < 1.29 is 5.43 Å². The fourth-order valence-electron chi connectivity index (χ4n) is 4.22. The molecule has 3 N–H and O–H groups in total. The molecule has 0 unspecified atom stereocenters. The average molecular weight is 323 g/mol. The van der Waals surface area contributed by atoms with Gasteiger partial charge in [-0.05, 0) is 54.6 Å². The van der Waals surface area contributed by atoms with Gasteiger partial charge in [0.05, 0.1) is 11.8 Å². The van der Waals surface area contributed by atoms with Crippen molar-refractivity contribution in [3.8, 4) is 0 Å². The molecule has 1 saturated carbocycles. The van der Waals surface area contributed by atoms with Gasteiger partial charge < -0.3 is 4.98 Å². The Morgan fingerprint density at radius 3 is 2.62 bits per heavy atom. The van der Waals surface area contributed by atoms with Gasteiger partial charge >= 0.3 is 0 Å². The summed E-state index contributed by atoms with van der Waals surface area (Å²) in [4.78, 5) is 7.97. The van der Waals surface area contributed by atoms with Gasteiger partial charge in [-0.2, -0.15) is 5.43 Å². The molecule has 4 nitrogen and oxygen atoms in total. The molecule has 24 heavy (non-hydrogen) atoms. The monoisotopic (exact) mass is 323 g/mol. The van der Waals surface area contributed by atoms with Crippen LogP contribution in [0.5, 0.6) is 0 Å². The maximum Gasteiger partial charge on any atom is 0.137 e. The molecule has 0 saturated heterocycles. The lowest BCUT2D eigenvalue weighted by Crippen LogP contribution is -2.69. The highest BCUT2D eigenvalue weighted by atomic mass is 15.3. The first kappa shape index (κ1) is 15.6. The third kappa shape index (κ3) is 2.80. The van der Waals surface area contributed by atoms with E-state index >= 15 is 0 Å². The molecule has 0 spiro atoms. The summed E-state index contributed by atoms with van der Waals surface area (Å²) in [5, 5.41) is 5.42. The number of nitrogens with one attached hydrogen (secondary N) is 1. The number of quaternary nitrogens is 1. The zero-order chi connectivity index (χ0) is 16.7. The fourth-order valence-corrected chi connectivity index (χ4v) is 4.22. The van der Waals surface area contributed by atoms with Gasteiger partial charge in [-0.25, -0.2) is 4.98 Å². The molecule has 1 aliphatic heterocycles. The summed E-state index contributed by atoms with van der Waals surface area (Å²) in [5.41, 5.74) is 7.02. The highest BCUT2D eigenvalue weighted by Crippen LogP contribution is 2.43. The second kappa shape index (κ2) is 5.85. The van der Waals surface area contributed by atoms with Crippen LogP contribution in [0, 0.1) is 11.3 Å². The number of rotatable bonds is 2. The van der Waals surface area contributed by atoms with Gasteiger partial charge in [-0.1, -0.05) is 25.9 Å². The van der Waals surface area contributed by atoms with Gasteiger partial charge in [0.2, 0.25) is 0 Å². The first-order valence-corrected chi connectivity index (χ1v) is 9.06. The molecule has 2 aromatic heterocycles. The number of nitrogens with zero attached hydrogens (tertiary/aromatic N) is 2. The first-order chi connectivity index (χ1) is 11.5. The second-order valence-electron chi connectivity index (χ2n) is 8.33. The number of aromatic amines is 1. The Labute approximate surface area is 143 Å². The minimum Gasteiger partial charge on any atom is -0.346 e. The number of nitrogens with two attached hydrogens (primary N) is 1. The van der Waals surface area contributed by atoms with Crippen LogP contribution in [-0.2, 0) is 0 Å². The lowest BCUT2D eigenvalue weighted by Gasteiger charge is -2.37. The zero-order valence-electron chi connectivity index (χ0n) is 14.8. The van der Waals surface area contributed by atoms with E-state index in [1.165, 1.54) is 42.2 Å². The van der Waals surface area contributed by atoms with E-state index in [0.29, 0.717) is 11.3 Å². The molecule has 2 aromatic rings. The molecule has 0 amide bonds. The Morgan fingerprint density at radius 2 is 1.96 bits per heavy atom. The van der Waals surface area contributed by atoms with Crippen LogP contribution in [0.15, 0.2) is 29.8 Å². The van der Waals surface area contributed by atoms with Gasteiger partial charge in [0.15, 0.2) is 0 Å². The first-order valence-electron chi connectivity index (χ1n) is 9.06. The van der Waals surface area contributed by atoms with E-state index < -0.39 is 0 Å². The number of H-pyrrole nitrogens is 1. The van der Waals surface area contributed by atoms with Crippen LogP contribution in [0.2, 0.25) is 0 Å². The van der Waals surface area contributed by atoms with E-state index in [1.807, 2.05) is 11.6 Å². The van der Waals surface area contributed by atoms with Crippen LogP contribution in [0.4, 0.5) is 0 Å². The summed E-state index contributed by atoms with van der Waals surface area (Å²) in [6.07, 6.45) is 13.3. The van der Waals surface area contributed by atoms with Crippen molar-refractivity contribution >= 4 is 22.8 Å². The molecule has 4 rings (SSSR count). The predicted octanol–water partition coefficient (Wildman–Crippen LogP) is 3.79. The van der Waals surface area contributed by atoms with Crippen molar-refractivity contribution in [1.82, 2.24) is 9.97 Å². The van der Waals surface area contributed by atoms with Crippen LogP contribution >= 0.6 is 0 Å². The van der Waals surface area contributed by atoms with Crippen LogP contribution < -0.4 is 5.43 Å². The van der Waals surface area contributed by atoms with Crippen LogP contribution in [0.25, 0.3) is 16.6 Å². The van der Waals surface area contributed by atoms with Gasteiger partial charge in [0, 0.05) is 23.3 Å². The van der Waals surface area contributed by atoms with E-state index in [1.54, 1.807) is 0 Å². The summed E-state index contributed by atoms with van der Waals surface area (Å²) >= 11 is 0. The maximum absolute atomic E-state index is 4.68. The van der Waals surface area contributed by atoms with E-state index in [2.05, 4.69) is 60.5 Å². The number of hydrogen-bond donors (Lipinski definition) is 2. The molecule has 1 aliphatic carbocycles. The van der Waals surface area contributed by atoms with Crippen molar-refractivity contribution in [2.75, 3.05) is 0 Å². The summed E-state index contributed by atoms with van der Waals surface area (Å²) in [7, 11) is 0. The van der Waals surface area contributed by atoms with E-state index in [0.717, 1.165) is 17.1 Å². The number of fused-ring (bicyclic) bond motifs is 1. The maximum atomic E-state index is 4.68. The molecular weight excluding hydrogens is 296 g/mol. The van der Waals surface area contributed by atoms with Crippen molar-refractivity contribution in [2.45, 2.75) is 52.4 Å². The SMILES string of the molecule is CC(C)(C)C1CCC(c2cnc3[nH]cc(C4=C[NH2+]N=C4)c3c2)CC1. The summed E-state index contributed by atoms with van der Waals surface area (Å²) in [6, 6.07) is 2.35. The van der Waals surface area contributed by atoms with Crippen LogP contribution in [0.1, 0.15) is 63.5 Å². The highest BCUT2D eigenvalue weighted by Gasteiger charge is 2.30. The van der Waals surface area contributed by atoms with Crippen molar-refractivity contribution in [2.24, 2.45) is 16.4 Å². The van der Waals surface area contributed by atoms with Gasteiger partial charge in [-0.3, -0.25) is 0 Å².